The standard InChI is InChI=1S/C12H12F2N4O3/c1-2-5-15-6-9-16-12(17-21-9)10-7(13)3-4-8(11(10)14)18(19)20/h3-4,15H,2,5-6H2,1H3. The minimum absolute atomic E-state index is 0.142. The molecule has 21 heavy (non-hydrogen) atoms. The summed E-state index contributed by atoms with van der Waals surface area (Å²) in [6.45, 7) is 2.94. The van der Waals surface area contributed by atoms with E-state index in [1.54, 1.807) is 0 Å². The van der Waals surface area contributed by atoms with E-state index in [9.17, 15) is 18.9 Å². The number of aromatic nitrogens is 2. The summed E-state index contributed by atoms with van der Waals surface area (Å²) in [6.07, 6.45) is 0.898. The number of rotatable bonds is 6. The Kier molecular flexibility index (Phi) is 4.53. The van der Waals surface area contributed by atoms with Crippen LogP contribution in [0.2, 0.25) is 0 Å². The second kappa shape index (κ2) is 6.35. The molecule has 0 aliphatic heterocycles. The molecule has 0 radical (unpaired) electrons. The Labute approximate surface area is 118 Å². The van der Waals surface area contributed by atoms with Gasteiger partial charge in [-0.3, -0.25) is 10.1 Å². The van der Waals surface area contributed by atoms with Crippen LogP contribution in [0.5, 0.6) is 0 Å². The first kappa shape index (κ1) is 15.0. The molecule has 0 saturated carbocycles. The van der Waals surface area contributed by atoms with Crippen molar-refractivity contribution in [2.45, 2.75) is 19.9 Å². The minimum Gasteiger partial charge on any atom is -0.338 e. The van der Waals surface area contributed by atoms with Crippen molar-refractivity contribution in [2.24, 2.45) is 0 Å². The van der Waals surface area contributed by atoms with E-state index in [1.165, 1.54) is 0 Å². The van der Waals surface area contributed by atoms with Crippen molar-refractivity contribution in [1.82, 2.24) is 15.5 Å². The number of nitro groups is 1. The molecule has 0 aliphatic carbocycles. The van der Waals surface area contributed by atoms with Crippen LogP contribution in [-0.2, 0) is 6.54 Å². The lowest BCUT2D eigenvalue weighted by molar-refractivity contribution is -0.387. The molecule has 112 valence electrons. The van der Waals surface area contributed by atoms with E-state index in [-0.39, 0.29) is 18.3 Å². The first-order chi connectivity index (χ1) is 10.0. The second-order valence-corrected chi connectivity index (χ2v) is 4.20. The molecule has 0 saturated heterocycles. The molecule has 2 rings (SSSR count). The molecule has 0 atom stereocenters. The van der Waals surface area contributed by atoms with Crippen LogP contribution in [0.15, 0.2) is 16.7 Å². The summed E-state index contributed by atoms with van der Waals surface area (Å²) in [4.78, 5) is 13.6. The lowest BCUT2D eigenvalue weighted by atomic mass is 10.1. The Morgan fingerprint density at radius 3 is 2.86 bits per heavy atom. The number of hydrogen-bond acceptors (Lipinski definition) is 6. The van der Waals surface area contributed by atoms with Crippen LogP contribution in [0.1, 0.15) is 19.2 Å². The van der Waals surface area contributed by atoms with Crippen LogP contribution in [0.3, 0.4) is 0 Å². The van der Waals surface area contributed by atoms with Gasteiger partial charge in [0.25, 0.3) is 0 Å². The number of nitrogens with zero attached hydrogens (tertiary/aromatic N) is 3. The van der Waals surface area contributed by atoms with Crippen molar-refractivity contribution >= 4 is 5.69 Å². The number of nitrogens with one attached hydrogen (secondary N) is 1. The van der Waals surface area contributed by atoms with Crippen LogP contribution in [0.4, 0.5) is 14.5 Å². The monoisotopic (exact) mass is 298 g/mol. The van der Waals surface area contributed by atoms with Gasteiger partial charge in [-0.1, -0.05) is 12.1 Å². The Bertz CT molecular complexity index is 660. The van der Waals surface area contributed by atoms with Gasteiger partial charge >= 0.3 is 5.69 Å². The molecule has 0 unspecified atom stereocenters. The van der Waals surface area contributed by atoms with E-state index in [2.05, 4.69) is 15.5 Å². The van der Waals surface area contributed by atoms with Gasteiger partial charge in [-0.2, -0.15) is 9.37 Å². The summed E-state index contributed by atoms with van der Waals surface area (Å²) in [5.41, 5.74) is -1.52. The number of benzene rings is 1. The van der Waals surface area contributed by atoms with Gasteiger partial charge < -0.3 is 9.84 Å². The maximum Gasteiger partial charge on any atom is 0.305 e. The fourth-order valence-electron chi connectivity index (χ4n) is 1.69. The summed E-state index contributed by atoms with van der Waals surface area (Å²) < 4.78 is 32.5. The first-order valence-electron chi connectivity index (χ1n) is 6.20. The van der Waals surface area contributed by atoms with E-state index in [0.717, 1.165) is 25.1 Å². The third-order valence-electron chi connectivity index (χ3n) is 2.66. The Hall–Kier alpha value is -2.42. The van der Waals surface area contributed by atoms with Gasteiger partial charge in [0.2, 0.25) is 17.5 Å². The molecule has 7 nitrogen and oxygen atoms in total. The van der Waals surface area contributed by atoms with Crippen molar-refractivity contribution in [1.29, 1.82) is 0 Å². The van der Waals surface area contributed by atoms with Crippen LogP contribution in [-0.4, -0.2) is 21.6 Å². The molecule has 1 aromatic heterocycles. The summed E-state index contributed by atoms with van der Waals surface area (Å²) in [5, 5.41) is 17.1. The summed E-state index contributed by atoms with van der Waals surface area (Å²) in [6, 6.07) is 1.54. The topological polar surface area (TPSA) is 94.1 Å². The van der Waals surface area contributed by atoms with Crippen molar-refractivity contribution < 1.29 is 18.2 Å². The van der Waals surface area contributed by atoms with Crippen LogP contribution < -0.4 is 5.32 Å². The lowest BCUT2D eigenvalue weighted by Crippen LogP contribution is -2.13. The van der Waals surface area contributed by atoms with E-state index in [4.69, 9.17) is 4.52 Å². The van der Waals surface area contributed by atoms with Gasteiger partial charge in [0.1, 0.15) is 11.4 Å². The predicted molar refractivity (Wildman–Crippen MR) is 68.3 cm³/mol. The zero-order valence-corrected chi connectivity index (χ0v) is 11.1. The van der Waals surface area contributed by atoms with Crippen LogP contribution in [0.25, 0.3) is 11.4 Å². The number of nitro benzene ring substituents is 1. The van der Waals surface area contributed by atoms with Gasteiger partial charge in [-0.05, 0) is 19.0 Å². The van der Waals surface area contributed by atoms with Gasteiger partial charge in [0.15, 0.2) is 0 Å². The quantitative estimate of drug-likeness (QED) is 0.500. The molecule has 1 aromatic carbocycles. The summed E-state index contributed by atoms with van der Waals surface area (Å²) >= 11 is 0. The normalized spacial score (nSPS) is 10.8. The van der Waals surface area contributed by atoms with Crippen molar-refractivity contribution in [3.63, 3.8) is 0 Å². The zero-order chi connectivity index (χ0) is 15.4. The molecule has 0 spiro atoms. The third kappa shape index (κ3) is 3.19. The Morgan fingerprint density at radius 2 is 2.19 bits per heavy atom. The highest BCUT2D eigenvalue weighted by Crippen LogP contribution is 2.29. The predicted octanol–water partition coefficient (Wildman–Crippen LogP) is 2.42. The van der Waals surface area contributed by atoms with Gasteiger partial charge in [0.05, 0.1) is 11.5 Å². The van der Waals surface area contributed by atoms with Crippen LogP contribution >= 0.6 is 0 Å². The average Bonchev–Trinajstić information content (AvgIpc) is 2.87. The first-order valence-corrected chi connectivity index (χ1v) is 6.20. The van der Waals surface area contributed by atoms with Gasteiger partial charge in [0, 0.05) is 6.07 Å². The molecular formula is C12H12F2N4O3. The molecule has 9 heteroatoms. The van der Waals surface area contributed by atoms with E-state index in [0.29, 0.717) is 0 Å². The summed E-state index contributed by atoms with van der Waals surface area (Å²) in [5.74, 6) is -2.54. The number of hydrogen-bond donors (Lipinski definition) is 1. The van der Waals surface area contributed by atoms with E-state index < -0.39 is 27.8 Å². The van der Waals surface area contributed by atoms with E-state index >= 15 is 0 Å². The highest BCUT2D eigenvalue weighted by molar-refractivity contribution is 5.61. The highest BCUT2D eigenvalue weighted by Gasteiger charge is 2.25. The second-order valence-electron chi connectivity index (χ2n) is 4.20. The highest BCUT2D eigenvalue weighted by atomic mass is 19.1. The molecular weight excluding hydrogens is 286 g/mol. The van der Waals surface area contributed by atoms with Crippen molar-refractivity contribution in [3.8, 4) is 11.4 Å². The molecule has 0 fully saturated rings. The maximum absolute atomic E-state index is 14.0. The fourth-order valence-corrected chi connectivity index (χ4v) is 1.69. The number of halogens is 2. The molecule has 2 aromatic rings. The van der Waals surface area contributed by atoms with Gasteiger partial charge in [-0.15, -0.1) is 0 Å². The largest absolute Gasteiger partial charge is 0.338 e. The molecule has 0 bridgehead atoms. The zero-order valence-electron chi connectivity index (χ0n) is 11.1. The van der Waals surface area contributed by atoms with Crippen molar-refractivity contribution in [3.05, 3.63) is 39.8 Å². The average molecular weight is 298 g/mol. The molecule has 0 amide bonds. The van der Waals surface area contributed by atoms with Crippen molar-refractivity contribution in [2.75, 3.05) is 6.54 Å². The van der Waals surface area contributed by atoms with E-state index in [1.807, 2.05) is 6.92 Å². The smallest absolute Gasteiger partial charge is 0.305 e. The Balaban J connectivity index is 2.33. The van der Waals surface area contributed by atoms with Gasteiger partial charge in [-0.25, -0.2) is 4.39 Å². The Morgan fingerprint density at radius 1 is 1.43 bits per heavy atom. The maximum atomic E-state index is 14.0. The molecule has 1 heterocycles. The third-order valence-corrected chi connectivity index (χ3v) is 2.66. The minimum atomic E-state index is -1.33. The molecule has 0 aliphatic rings. The summed E-state index contributed by atoms with van der Waals surface area (Å²) in [7, 11) is 0. The lowest BCUT2D eigenvalue weighted by Gasteiger charge is -2.00. The van der Waals surface area contributed by atoms with Crippen LogP contribution in [0, 0.1) is 21.7 Å². The molecule has 1 N–H and O–H groups in total. The fraction of sp³-hybridized carbons (Fsp3) is 0.333. The SMILES string of the molecule is CCCNCc1nc(-c2c(F)ccc([N+](=O)[O-])c2F)no1.